The minimum Gasteiger partial charge on any atom is -0.494 e. The summed E-state index contributed by atoms with van der Waals surface area (Å²) < 4.78 is 18.3. The van der Waals surface area contributed by atoms with Crippen LogP contribution in [0, 0.1) is 11.7 Å². The molecule has 1 aromatic carbocycles. The summed E-state index contributed by atoms with van der Waals surface area (Å²) in [7, 11) is 1.41. The molecule has 0 spiro atoms. The molecule has 0 aliphatic carbocycles. The lowest BCUT2D eigenvalue weighted by Crippen LogP contribution is -2.19. The van der Waals surface area contributed by atoms with Crippen LogP contribution in [-0.2, 0) is 4.79 Å². The van der Waals surface area contributed by atoms with E-state index in [9.17, 15) is 9.18 Å². The Hall–Kier alpha value is -1.62. The van der Waals surface area contributed by atoms with Crippen molar-refractivity contribution in [1.29, 1.82) is 0 Å². The molecule has 2 unspecified atom stereocenters. The van der Waals surface area contributed by atoms with Crippen molar-refractivity contribution < 1.29 is 13.9 Å². The fourth-order valence-electron chi connectivity index (χ4n) is 1.91. The van der Waals surface area contributed by atoms with Crippen molar-refractivity contribution in [2.75, 3.05) is 7.11 Å². The first-order valence-electron chi connectivity index (χ1n) is 5.81. The van der Waals surface area contributed by atoms with Crippen LogP contribution in [0.2, 0.25) is 0 Å². The number of nitrogens with two attached hydrogens (primary N) is 2. The van der Waals surface area contributed by atoms with Gasteiger partial charge in [0.25, 0.3) is 0 Å². The van der Waals surface area contributed by atoms with E-state index in [1.807, 2.05) is 6.92 Å². The smallest absolute Gasteiger partial charge is 0.217 e. The number of halogens is 1. The molecule has 0 fully saturated rings. The molecule has 0 bridgehead atoms. The van der Waals surface area contributed by atoms with Crippen molar-refractivity contribution in [2.24, 2.45) is 17.4 Å². The monoisotopic (exact) mass is 254 g/mol. The average Bonchev–Trinajstić information content (AvgIpc) is 2.27. The summed E-state index contributed by atoms with van der Waals surface area (Å²) in [5.74, 6) is -0.526. The maximum atomic E-state index is 13.5. The van der Waals surface area contributed by atoms with Gasteiger partial charge in [-0.05, 0) is 30.0 Å². The zero-order valence-electron chi connectivity index (χ0n) is 10.7. The van der Waals surface area contributed by atoms with E-state index in [0.717, 1.165) is 0 Å². The van der Waals surface area contributed by atoms with Gasteiger partial charge in [-0.15, -0.1) is 0 Å². The van der Waals surface area contributed by atoms with Crippen LogP contribution in [0.25, 0.3) is 0 Å². The van der Waals surface area contributed by atoms with E-state index in [1.54, 1.807) is 12.1 Å². The Labute approximate surface area is 106 Å². The van der Waals surface area contributed by atoms with E-state index in [1.165, 1.54) is 13.2 Å². The van der Waals surface area contributed by atoms with Crippen molar-refractivity contribution in [3.05, 3.63) is 29.6 Å². The van der Waals surface area contributed by atoms with Gasteiger partial charge < -0.3 is 16.2 Å². The molecule has 0 radical (unpaired) electrons. The molecule has 1 amide bonds. The van der Waals surface area contributed by atoms with Crippen LogP contribution in [0.5, 0.6) is 5.75 Å². The minimum atomic E-state index is -0.437. The molecular weight excluding hydrogens is 235 g/mol. The highest BCUT2D eigenvalue weighted by Crippen LogP contribution is 2.25. The molecule has 5 heteroatoms. The Morgan fingerprint density at radius 1 is 1.50 bits per heavy atom. The van der Waals surface area contributed by atoms with Crippen molar-refractivity contribution >= 4 is 5.91 Å². The van der Waals surface area contributed by atoms with Crippen LogP contribution in [0.3, 0.4) is 0 Å². The molecule has 100 valence electrons. The van der Waals surface area contributed by atoms with E-state index in [0.29, 0.717) is 12.0 Å². The molecular formula is C13H19FN2O2. The van der Waals surface area contributed by atoms with E-state index < -0.39 is 5.82 Å². The van der Waals surface area contributed by atoms with Gasteiger partial charge in [0.2, 0.25) is 5.91 Å². The van der Waals surface area contributed by atoms with Crippen LogP contribution in [0.4, 0.5) is 4.39 Å². The summed E-state index contributed by atoms with van der Waals surface area (Å²) >= 11 is 0. The van der Waals surface area contributed by atoms with Crippen LogP contribution in [0.15, 0.2) is 18.2 Å². The second-order valence-corrected chi connectivity index (χ2v) is 4.51. The molecule has 4 nitrogen and oxygen atoms in total. The molecule has 1 aromatic rings. The summed E-state index contributed by atoms with van der Waals surface area (Å²) in [6, 6.07) is 4.31. The van der Waals surface area contributed by atoms with Gasteiger partial charge in [0.1, 0.15) is 0 Å². The zero-order chi connectivity index (χ0) is 13.7. The first-order chi connectivity index (χ1) is 8.43. The van der Waals surface area contributed by atoms with E-state index in [4.69, 9.17) is 16.2 Å². The summed E-state index contributed by atoms with van der Waals surface area (Å²) in [5.41, 5.74) is 11.8. The number of hydrogen-bond acceptors (Lipinski definition) is 3. The van der Waals surface area contributed by atoms with E-state index in [2.05, 4.69) is 0 Å². The maximum Gasteiger partial charge on any atom is 0.217 e. The first-order valence-corrected chi connectivity index (χ1v) is 5.81. The first kappa shape index (κ1) is 14.4. The minimum absolute atomic E-state index is 0.0719. The number of benzene rings is 1. The highest BCUT2D eigenvalue weighted by Gasteiger charge is 2.14. The Kier molecular flexibility index (Phi) is 5.09. The van der Waals surface area contributed by atoms with Crippen LogP contribution >= 0.6 is 0 Å². The van der Waals surface area contributed by atoms with Crippen molar-refractivity contribution in [2.45, 2.75) is 25.8 Å². The highest BCUT2D eigenvalue weighted by atomic mass is 19.1. The Bertz CT molecular complexity index is 423. The van der Waals surface area contributed by atoms with Gasteiger partial charge in [-0.3, -0.25) is 4.79 Å². The Balaban J connectivity index is 2.69. The second kappa shape index (κ2) is 6.35. The lowest BCUT2D eigenvalue weighted by Gasteiger charge is -2.17. The topological polar surface area (TPSA) is 78.3 Å². The lowest BCUT2D eigenvalue weighted by atomic mass is 9.94. The van der Waals surface area contributed by atoms with Crippen LogP contribution in [-0.4, -0.2) is 13.0 Å². The molecule has 18 heavy (non-hydrogen) atoms. The van der Waals surface area contributed by atoms with Crippen molar-refractivity contribution in [1.82, 2.24) is 0 Å². The SMILES string of the molecule is COc1ccc(C(N)CC(C)CC(N)=O)cc1F. The van der Waals surface area contributed by atoms with Crippen molar-refractivity contribution in [3.8, 4) is 5.75 Å². The number of ether oxygens (including phenoxy) is 1. The van der Waals surface area contributed by atoms with E-state index in [-0.39, 0.29) is 30.0 Å². The van der Waals surface area contributed by atoms with Crippen LogP contribution < -0.4 is 16.2 Å². The van der Waals surface area contributed by atoms with Gasteiger partial charge in [-0.2, -0.15) is 0 Å². The third kappa shape index (κ3) is 4.00. The summed E-state index contributed by atoms with van der Waals surface area (Å²) in [6.07, 6.45) is 0.862. The third-order valence-corrected chi connectivity index (χ3v) is 2.81. The normalized spacial score (nSPS) is 14.0. The number of carbonyl (C=O) groups is 1. The molecule has 2 atom stereocenters. The van der Waals surface area contributed by atoms with Gasteiger partial charge in [-0.1, -0.05) is 13.0 Å². The quantitative estimate of drug-likeness (QED) is 0.811. The standard InChI is InChI=1S/C13H19FN2O2/c1-8(6-13(16)17)5-11(15)9-3-4-12(18-2)10(14)7-9/h3-4,7-8,11H,5-6,15H2,1-2H3,(H2,16,17). The zero-order valence-corrected chi connectivity index (χ0v) is 10.7. The van der Waals surface area contributed by atoms with Gasteiger partial charge in [0, 0.05) is 12.5 Å². The van der Waals surface area contributed by atoms with E-state index >= 15 is 0 Å². The molecule has 1 rings (SSSR count). The maximum absolute atomic E-state index is 13.5. The van der Waals surface area contributed by atoms with Gasteiger partial charge >= 0.3 is 0 Å². The predicted octanol–water partition coefficient (Wildman–Crippen LogP) is 1.74. The molecule has 0 aliphatic heterocycles. The predicted molar refractivity (Wildman–Crippen MR) is 67.5 cm³/mol. The van der Waals surface area contributed by atoms with Gasteiger partial charge in [-0.25, -0.2) is 4.39 Å². The molecule has 0 saturated heterocycles. The number of carbonyl (C=O) groups excluding carboxylic acids is 1. The number of amides is 1. The molecule has 0 saturated carbocycles. The fraction of sp³-hybridized carbons (Fsp3) is 0.462. The number of rotatable bonds is 6. The lowest BCUT2D eigenvalue weighted by molar-refractivity contribution is -0.118. The van der Waals surface area contributed by atoms with Gasteiger partial charge in [0.15, 0.2) is 11.6 Å². The molecule has 4 N–H and O–H groups in total. The third-order valence-electron chi connectivity index (χ3n) is 2.81. The summed E-state index contributed by atoms with van der Waals surface area (Å²) in [6.45, 7) is 1.89. The van der Waals surface area contributed by atoms with Crippen molar-refractivity contribution in [3.63, 3.8) is 0 Å². The summed E-state index contributed by atoms with van der Waals surface area (Å²) in [4.78, 5) is 10.8. The Morgan fingerprint density at radius 3 is 2.67 bits per heavy atom. The van der Waals surface area contributed by atoms with Crippen LogP contribution in [0.1, 0.15) is 31.4 Å². The number of primary amides is 1. The average molecular weight is 254 g/mol. The second-order valence-electron chi connectivity index (χ2n) is 4.51. The number of hydrogen-bond donors (Lipinski definition) is 2. The number of methoxy groups -OCH3 is 1. The molecule has 0 aromatic heterocycles. The highest BCUT2D eigenvalue weighted by molar-refractivity contribution is 5.73. The molecule has 0 heterocycles. The largest absolute Gasteiger partial charge is 0.494 e. The van der Waals surface area contributed by atoms with Gasteiger partial charge in [0.05, 0.1) is 7.11 Å². The Morgan fingerprint density at radius 2 is 2.17 bits per heavy atom. The summed E-state index contributed by atoms with van der Waals surface area (Å²) in [5, 5.41) is 0. The molecule has 0 aliphatic rings. The fourth-order valence-corrected chi connectivity index (χ4v) is 1.91.